The molecule has 0 bridgehead atoms. The third kappa shape index (κ3) is 5.01. The summed E-state index contributed by atoms with van der Waals surface area (Å²) in [6, 6.07) is 12.3. The summed E-state index contributed by atoms with van der Waals surface area (Å²) < 4.78 is 57.2. The first-order valence-corrected chi connectivity index (χ1v) is 14.2. The molecule has 1 aliphatic rings. The van der Waals surface area contributed by atoms with Gasteiger partial charge in [0, 0.05) is 63.5 Å². The third-order valence-electron chi connectivity index (χ3n) is 7.24. The van der Waals surface area contributed by atoms with Crippen LogP contribution in [0.15, 0.2) is 60.8 Å². The number of phenolic OH excluding ortho intramolecular Hbond substituents is 1. The van der Waals surface area contributed by atoms with Crippen LogP contribution in [0.2, 0.25) is 0 Å². The molecule has 0 atom stereocenters. The van der Waals surface area contributed by atoms with Gasteiger partial charge in [0.15, 0.2) is 5.75 Å². The maximum atomic E-state index is 13.9. The Kier molecular flexibility index (Phi) is 7.56. The molecule has 2 heterocycles. The molecule has 1 aliphatic heterocycles. The number of nitrogens with zero attached hydrogens (tertiary/aromatic N) is 4. The zero-order valence-corrected chi connectivity index (χ0v) is 23.7. The van der Waals surface area contributed by atoms with E-state index in [2.05, 4.69) is 10.3 Å². The summed E-state index contributed by atoms with van der Waals surface area (Å²) in [6.07, 6.45) is 1.42. The number of hydrogen-bond donors (Lipinski definition) is 2. The number of carbonyl (C=O) groups is 2. The van der Waals surface area contributed by atoms with Gasteiger partial charge < -0.3 is 15.3 Å². The highest BCUT2D eigenvalue weighted by molar-refractivity contribution is 7.90. The number of aromatic nitrogens is 1. The van der Waals surface area contributed by atoms with Crippen LogP contribution in [0, 0.1) is 11.6 Å². The number of nitrogens with one attached hydrogen (secondary N) is 1. The van der Waals surface area contributed by atoms with Gasteiger partial charge in [-0.25, -0.2) is 8.78 Å². The van der Waals surface area contributed by atoms with E-state index in [0.29, 0.717) is 10.9 Å². The maximum Gasteiger partial charge on any atom is 0.303 e. The standard InChI is InChI=1S/C29H27F2N5O5S/c1-32-28(38)22-13-20(31)11-8-18(22)15-34(2)42(40,41)35(3)26-21-5-4-12-33-25(21)27(37)24-23(26)16-36(29(24)39)14-17-6-9-19(30)10-7-17/h4-13,37H,14-16H2,1-3H3,(H,32,38). The molecule has 0 aliphatic carbocycles. The first-order valence-electron chi connectivity index (χ1n) is 12.8. The zero-order valence-electron chi connectivity index (χ0n) is 22.9. The van der Waals surface area contributed by atoms with Gasteiger partial charge >= 0.3 is 10.2 Å². The number of anilines is 1. The predicted molar refractivity (Wildman–Crippen MR) is 152 cm³/mol. The number of amides is 2. The first-order chi connectivity index (χ1) is 19.9. The number of carbonyl (C=O) groups excluding carboxylic acids is 2. The van der Waals surface area contributed by atoms with E-state index in [0.717, 1.165) is 20.7 Å². The van der Waals surface area contributed by atoms with Crippen LogP contribution in [0.1, 0.15) is 37.4 Å². The smallest absolute Gasteiger partial charge is 0.303 e. The lowest BCUT2D eigenvalue weighted by Crippen LogP contribution is -2.40. The molecular weight excluding hydrogens is 568 g/mol. The quantitative estimate of drug-likeness (QED) is 0.321. The maximum absolute atomic E-state index is 13.9. The highest BCUT2D eigenvalue weighted by Gasteiger charge is 2.38. The molecule has 0 unspecified atom stereocenters. The molecule has 1 aromatic heterocycles. The predicted octanol–water partition coefficient (Wildman–Crippen LogP) is 3.55. The van der Waals surface area contributed by atoms with E-state index in [1.54, 1.807) is 24.3 Å². The number of fused-ring (bicyclic) bond motifs is 2. The summed E-state index contributed by atoms with van der Waals surface area (Å²) >= 11 is 0. The molecule has 218 valence electrons. The summed E-state index contributed by atoms with van der Waals surface area (Å²) in [4.78, 5) is 31.5. The lowest BCUT2D eigenvalue weighted by atomic mass is 10.0. The Labute approximate surface area is 241 Å². The number of aromatic hydroxyl groups is 1. The van der Waals surface area contributed by atoms with E-state index in [9.17, 15) is 31.9 Å². The van der Waals surface area contributed by atoms with Crippen molar-refractivity contribution in [1.82, 2.24) is 19.5 Å². The zero-order chi connectivity index (χ0) is 30.3. The fraction of sp³-hybridized carbons (Fsp3) is 0.207. The van der Waals surface area contributed by atoms with E-state index in [-0.39, 0.29) is 58.8 Å². The van der Waals surface area contributed by atoms with Crippen molar-refractivity contribution in [3.8, 4) is 5.75 Å². The van der Waals surface area contributed by atoms with Crippen molar-refractivity contribution in [2.24, 2.45) is 0 Å². The van der Waals surface area contributed by atoms with E-state index in [1.807, 2.05) is 0 Å². The summed E-state index contributed by atoms with van der Waals surface area (Å²) in [5.41, 5.74) is 1.33. The van der Waals surface area contributed by atoms with Gasteiger partial charge in [0.05, 0.1) is 11.3 Å². The summed E-state index contributed by atoms with van der Waals surface area (Å²) in [5, 5.41) is 13.8. The van der Waals surface area contributed by atoms with Crippen LogP contribution < -0.4 is 9.62 Å². The molecule has 10 nitrogen and oxygen atoms in total. The van der Waals surface area contributed by atoms with Crippen molar-refractivity contribution >= 4 is 38.6 Å². The molecule has 42 heavy (non-hydrogen) atoms. The summed E-state index contributed by atoms with van der Waals surface area (Å²) in [6.45, 7) is -0.191. The normalized spacial score (nSPS) is 13.1. The highest BCUT2D eigenvalue weighted by Crippen LogP contribution is 2.44. The van der Waals surface area contributed by atoms with Crippen LogP contribution in [0.4, 0.5) is 14.5 Å². The molecule has 0 saturated heterocycles. The van der Waals surface area contributed by atoms with Gasteiger partial charge in [-0.2, -0.15) is 12.7 Å². The molecule has 5 rings (SSSR count). The van der Waals surface area contributed by atoms with Gasteiger partial charge in [-0.15, -0.1) is 0 Å². The minimum atomic E-state index is -4.31. The number of halogens is 2. The Morgan fingerprint density at radius 3 is 2.48 bits per heavy atom. The number of hydrogen-bond acceptors (Lipinski definition) is 6. The van der Waals surface area contributed by atoms with Crippen molar-refractivity contribution in [1.29, 1.82) is 0 Å². The van der Waals surface area contributed by atoms with Gasteiger partial charge in [0.2, 0.25) is 0 Å². The van der Waals surface area contributed by atoms with Gasteiger partial charge in [0.1, 0.15) is 17.2 Å². The van der Waals surface area contributed by atoms with E-state index < -0.39 is 33.7 Å². The lowest BCUT2D eigenvalue weighted by Gasteiger charge is -2.29. The van der Waals surface area contributed by atoms with Crippen LogP contribution in [0.5, 0.6) is 5.75 Å². The van der Waals surface area contributed by atoms with Gasteiger partial charge in [-0.05, 0) is 47.5 Å². The fourth-order valence-corrected chi connectivity index (χ4v) is 6.27. The molecule has 2 amide bonds. The van der Waals surface area contributed by atoms with Gasteiger partial charge in [0.25, 0.3) is 11.8 Å². The van der Waals surface area contributed by atoms with E-state index >= 15 is 0 Å². The molecule has 13 heteroatoms. The van der Waals surface area contributed by atoms with Crippen LogP contribution >= 0.6 is 0 Å². The largest absolute Gasteiger partial charge is 0.505 e. The highest BCUT2D eigenvalue weighted by atomic mass is 32.2. The summed E-state index contributed by atoms with van der Waals surface area (Å²) in [5.74, 6) is -2.53. The molecule has 2 N–H and O–H groups in total. The molecule has 0 fully saturated rings. The van der Waals surface area contributed by atoms with Crippen molar-refractivity contribution < 1.29 is 31.9 Å². The Balaban J connectivity index is 1.56. The minimum Gasteiger partial charge on any atom is -0.505 e. The second kappa shape index (κ2) is 11.0. The topological polar surface area (TPSA) is 123 Å². The number of benzene rings is 3. The molecule has 4 aromatic rings. The van der Waals surface area contributed by atoms with Crippen LogP contribution in [-0.4, -0.2) is 60.7 Å². The van der Waals surface area contributed by atoms with Crippen molar-refractivity contribution in [2.75, 3.05) is 25.4 Å². The monoisotopic (exact) mass is 595 g/mol. The SMILES string of the molecule is CNC(=O)c1cc(F)ccc1CN(C)S(=O)(=O)N(C)c1c2c(c(O)c3ncccc13)C(=O)N(Cc1ccc(F)cc1)C2. The molecule has 0 spiro atoms. The fourth-order valence-electron chi connectivity index (χ4n) is 5.11. The second-order valence-corrected chi connectivity index (χ2v) is 11.9. The molecular formula is C29H27F2N5O5S. The minimum absolute atomic E-state index is 0.00981. The van der Waals surface area contributed by atoms with E-state index in [4.69, 9.17) is 0 Å². The third-order valence-corrected chi connectivity index (χ3v) is 9.03. The number of phenols is 1. The van der Waals surface area contributed by atoms with Crippen molar-refractivity contribution in [3.63, 3.8) is 0 Å². The lowest BCUT2D eigenvalue weighted by molar-refractivity contribution is 0.0764. The Hall–Kier alpha value is -4.62. The average Bonchev–Trinajstić information content (AvgIpc) is 3.29. The van der Waals surface area contributed by atoms with Crippen molar-refractivity contribution in [3.05, 3.63) is 100 Å². The Bertz CT molecular complexity index is 1830. The molecule has 3 aromatic carbocycles. The summed E-state index contributed by atoms with van der Waals surface area (Å²) in [7, 11) is -0.291. The van der Waals surface area contributed by atoms with Gasteiger partial charge in [-0.1, -0.05) is 18.2 Å². The van der Waals surface area contributed by atoms with Crippen molar-refractivity contribution in [2.45, 2.75) is 19.6 Å². The van der Waals surface area contributed by atoms with Gasteiger partial charge in [-0.3, -0.25) is 18.9 Å². The van der Waals surface area contributed by atoms with Crippen LogP contribution in [0.3, 0.4) is 0 Å². The molecule has 0 saturated carbocycles. The number of pyridine rings is 1. The van der Waals surface area contributed by atoms with Crippen LogP contribution in [0.25, 0.3) is 10.9 Å². The van der Waals surface area contributed by atoms with E-state index in [1.165, 1.54) is 50.4 Å². The first kappa shape index (κ1) is 28.9. The van der Waals surface area contributed by atoms with Crippen LogP contribution in [-0.2, 0) is 29.8 Å². The second-order valence-electron chi connectivity index (χ2n) is 9.85. The Morgan fingerprint density at radius 2 is 1.79 bits per heavy atom. The Morgan fingerprint density at radius 1 is 1.10 bits per heavy atom. The number of rotatable bonds is 8. The average molecular weight is 596 g/mol. The molecule has 0 radical (unpaired) electrons.